The van der Waals surface area contributed by atoms with Crippen molar-refractivity contribution in [2.75, 3.05) is 6.54 Å². The molecule has 1 aliphatic heterocycles. The van der Waals surface area contributed by atoms with Gasteiger partial charge < -0.3 is 15.1 Å². The summed E-state index contributed by atoms with van der Waals surface area (Å²) in [6.07, 6.45) is 7.45. The fourth-order valence-corrected chi connectivity index (χ4v) is 5.45. The maximum Gasteiger partial charge on any atom is 0.345 e. The molecular formula is C26H35NO4S. The molecule has 2 N–H and O–H groups in total. The van der Waals surface area contributed by atoms with Crippen molar-refractivity contribution in [2.45, 2.75) is 76.9 Å². The first-order valence-electron chi connectivity index (χ1n) is 11.8. The lowest BCUT2D eigenvalue weighted by atomic mass is 9.92. The van der Waals surface area contributed by atoms with Crippen LogP contribution in [0.4, 0.5) is 0 Å². The molecule has 174 valence electrons. The van der Waals surface area contributed by atoms with E-state index in [2.05, 4.69) is 31.2 Å². The molecule has 0 radical (unpaired) electrons. The van der Waals surface area contributed by atoms with Gasteiger partial charge in [-0.05, 0) is 75.0 Å². The fourth-order valence-electron chi connectivity index (χ4n) is 4.56. The van der Waals surface area contributed by atoms with Crippen LogP contribution in [0.2, 0.25) is 0 Å². The van der Waals surface area contributed by atoms with Crippen LogP contribution in [0.3, 0.4) is 0 Å². The third-order valence-electron chi connectivity index (χ3n) is 6.57. The molecule has 3 atom stereocenters. The minimum absolute atomic E-state index is 0.206. The van der Waals surface area contributed by atoms with Gasteiger partial charge in [0, 0.05) is 23.9 Å². The predicted octanol–water partition coefficient (Wildman–Crippen LogP) is 5.17. The van der Waals surface area contributed by atoms with Crippen molar-refractivity contribution in [1.29, 1.82) is 0 Å². The highest BCUT2D eigenvalue weighted by Crippen LogP contribution is 2.26. The second-order valence-corrected chi connectivity index (χ2v) is 10.1. The summed E-state index contributed by atoms with van der Waals surface area (Å²) in [6, 6.07) is 14.2. The highest BCUT2D eigenvalue weighted by molar-refractivity contribution is 7.13. The molecule has 0 saturated carbocycles. The minimum Gasteiger partial charge on any atom is -0.477 e. The summed E-state index contributed by atoms with van der Waals surface area (Å²) in [6.45, 7) is 2.83. The lowest BCUT2D eigenvalue weighted by Gasteiger charge is -2.27. The number of aliphatic hydroxyl groups excluding tert-OH is 1. The number of nitrogens with zero attached hydrogens (tertiary/aromatic N) is 1. The monoisotopic (exact) mass is 457 g/mol. The largest absolute Gasteiger partial charge is 0.477 e. The molecule has 1 aromatic carbocycles. The van der Waals surface area contributed by atoms with E-state index in [-0.39, 0.29) is 24.0 Å². The van der Waals surface area contributed by atoms with Crippen LogP contribution in [0.15, 0.2) is 42.5 Å². The highest BCUT2D eigenvalue weighted by atomic mass is 32.1. The van der Waals surface area contributed by atoms with Crippen LogP contribution in [0.25, 0.3) is 0 Å². The number of carboxylic acid groups (broad SMARTS) is 1. The molecule has 6 heteroatoms. The molecular weight excluding hydrogens is 422 g/mol. The van der Waals surface area contributed by atoms with E-state index in [1.165, 1.54) is 16.9 Å². The van der Waals surface area contributed by atoms with Crippen LogP contribution in [-0.2, 0) is 17.6 Å². The number of hydrogen-bond acceptors (Lipinski definition) is 4. The second-order valence-electron chi connectivity index (χ2n) is 8.95. The zero-order valence-electron chi connectivity index (χ0n) is 18.9. The van der Waals surface area contributed by atoms with Crippen molar-refractivity contribution < 1.29 is 19.8 Å². The molecule has 32 heavy (non-hydrogen) atoms. The van der Waals surface area contributed by atoms with Gasteiger partial charge in [-0.3, -0.25) is 4.79 Å². The Kier molecular flexibility index (Phi) is 9.30. The Morgan fingerprint density at radius 2 is 1.91 bits per heavy atom. The van der Waals surface area contributed by atoms with E-state index < -0.39 is 5.97 Å². The molecule has 0 aliphatic carbocycles. The van der Waals surface area contributed by atoms with Crippen LogP contribution < -0.4 is 0 Å². The van der Waals surface area contributed by atoms with Gasteiger partial charge in [0.15, 0.2) is 0 Å². The molecule has 1 saturated heterocycles. The van der Waals surface area contributed by atoms with E-state index in [0.29, 0.717) is 17.8 Å². The van der Waals surface area contributed by atoms with Gasteiger partial charge in [-0.15, -0.1) is 11.3 Å². The van der Waals surface area contributed by atoms with Crippen molar-refractivity contribution in [3.05, 3.63) is 57.8 Å². The van der Waals surface area contributed by atoms with Gasteiger partial charge in [0.05, 0.1) is 6.10 Å². The molecule has 1 aromatic heterocycles. The Labute approximate surface area is 195 Å². The predicted molar refractivity (Wildman–Crippen MR) is 128 cm³/mol. The number of benzene rings is 1. The number of amides is 1. The Hall–Kier alpha value is -2.18. The van der Waals surface area contributed by atoms with Crippen LogP contribution in [0.1, 0.15) is 72.0 Å². The number of hydrogen-bond donors (Lipinski definition) is 2. The number of likely N-dealkylation sites (tertiary alicyclic amines) is 1. The standard InChI is InChI=1S/C26H35NO4S/c1-19(7-5-10-20-8-3-2-4-9-20)23(28)15-12-21-13-17-25(29)27(21)18-6-11-22-14-16-24(32-22)26(30)31/h2-4,8-9,14,16,19,21,23,28H,5-7,10-13,15,17-18H2,1H3,(H,30,31)/t19-,21-,23+/m0/s1. The third kappa shape index (κ3) is 7.17. The smallest absolute Gasteiger partial charge is 0.345 e. The second kappa shape index (κ2) is 12.2. The fraction of sp³-hybridized carbons (Fsp3) is 0.538. The van der Waals surface area contributed by atoms with Gasteiger partial charge >= 0.3 is 5.97 Å². The molecule has 1 amide bonds. The molecule has 1 fully saturated rings. The van der Waals surface area contributed by atoms with Gasteiger partial charge in [-0.1, -0.05) is 37.3 Å². The van der Waals surface area contributed by atoms with Gasteiger partial charge in [0.25, 0.3) is 0 Å². The van der Waals surface area contributed by atoms with Crippen LogP contribution in [0, 0.1) is 5.92 Å². The van der Waals surface area contributed by atoms with E-state index in [9.17, 15) is 14.7 Å². The zero-order chi connectivity index (χ0) is 22.9. The normalized spacial score (nSPS) is 18.1. The first-order chi connectivity index (χ1) is 15.4. The first kappa shape index (κ1) is 24.5. The van der Waals surface area contributed by atoms with Crippen molar-refractivity contribution in [3.63, 3.8) is 0 Å². The number of carboxylic acids is 1. The number of aryl methyl sites for hydroxylation is 2. The number of thiophene rings is 1. The lowest BCUT2D eigenvalue weighted by Crippen LogP contribution is -2.35. The minimum atomic E-state index is -0.885. The van der Waals surface area contributed by atoms with E-state index in [1.54, 1.807) is 6.07 Å². The van der Waals surface area contributed by atoms with Crippen LogP contribution >= 0.6 is 11.3 Å². The summed E-state index contributed by atoms with van der Waals surface area (Å²) >= 11 is 1.31. The van der Waals surface area contributed by atoms with Crippen molar-refractivity contribution in [1.82, 2.24) is 4.90 Å². The maximum absolute atomic E-state index is 12.4. The van der Waals surface area contributed by atoms with E-state index >= 15 is 0 Å². The van der Waals surface area contributed by atoms with E-state index in [0.717, 1.165) is 56.2 Å². The Morgan fingerprint density at radius 3 is 2.62 bits per heavy atom. The molecule has 1 aliphatic rings. The summed E-state index contributed by atoms with van der Waals surface area (Å²) in [5.74, 6) is -0.423. The Balaban J connectivity index is 1.37. The first-order valence-corrected chi connectivity index (χ1v) is 12.6. The van der Waals surface area contributed by atoms with Gasteiger partial charge in [0.2, 0.25) is 5.91 Å². The van der Waals surface area contributed by atoms with Gasteiger partial charge in [-0.25, -0.2) is 4.79 Å². The summed E-state index contributed by atoms with van der Waals surface area (Å²) in [5, 5.41) is 19.7. The Morgan fingerprint density at radius 1 is 1.12 bits per heavy atom. The quantitative estimate of drug-likeness (QED) is 0.435. The summed E-state index contributed by atoms with van der Waals surface area (Å²) in [4.78, 5) is 26.8. The van der Waals surface area contributed by atoms with Crippen molar-refractivity contribution >= 4 is 23.2 Å². The number of rotatable bonds is 13. The average Bonchev–Trinajstić information content (AvgIpc) is 3.40. The van der Waals surface area contributed by atoms with Crippen molar-refractivity contribution in [2.24, 2.45) is 5.92 Å². The summed E-state index contributed by atoms with van der Waals surface area (Å²) < 4.78 is 0. The topological polar surface area (TPSA) is 77.8 Å². The lowest BCUT2D eigenvalue weighted by molar-refractivity contribution is -0.129. The van der Waals surface area contributed by atoms with E-state index in [4.69, 9.17) is 5.11 Å². The number of aromatic carboxylic acids is 1. The van der Waals surface area contributed by atoms with E-state index in [1.807, 2.05) is 17.0 Å². The van der Waals surface area contributed by atoms with Gasteiger partial charge in [0.1, 0.15) is 4.88 Å². The Bertz CT molecular complexity index is 866. The van der Waals surface area contributed by atoms with Crippen LogP contribution in [-0.4, -0.2) is 45.7 Å². The number of aliphatic hydroxyl groups is 1. The maximum atomic E-state index is 12.4. The molecule has 0 bridgehead atoms. The summed E-state index contributed by atoms with van der Waals surface area (Å²) in [7, 11) is 0. The highest BCUT2D eigenvalue weighted by Gasteiger charge is 2.31. The van der Waals surface area contributed by atoms with Gasteiger partial charge in [-0.2, -0.15) is 0 Å². The number of carbonyl (C=O) groups is 2. The SMILES string of the molecule is C[C@@H](CCCc1ccccc1)[C@H](O)CC[C@H]1CCC(=O)N1CCCc1ccc(C(=O)O)s1. The molecule has 2 aromatic rings. The molecule has 0 spiro atoms. The van der Waals surface area contributed by atoms with Crippen LogP contribution in [0.5, 0.6) is 0 Å². The molecule has 2 heterocycles. The zero-order valence-corrected chi connectivity index (χ0v) is 19.7. The number of carbonyl (C=O) groups excluding carboxylic acids is 1. The third-order valence-corrected chi connectivity index (χ3v) is 7.70. The molecule has 3 rings (SSSR count). The van der Waals surface area contributed by atoms with Crippen molar-refractivity contribution in [3.8, 4) is 0 Å². The average molecular weight is 458 g/mol. The molecule has 5 nitrogen and oxygen atoms in total. The molecule has 0 unspecified atom stereocenters. The summed E-state index contributed by atoms with van der Waals surface area (Å²) in [5.41, 5.74) is 1.34.